The predicted octanol–water partition coefficient (Wildman–Crippen LogP) is 2.96. The first-order valence-electron chi connectivity index (χ1n) is 6.86. The first-order chi connectivity index (χ1) is 8.61. The van der Waals surface area contributed by atoms with Crippen molar-refractivity contribution >= 4 is 0 Å². The van der Waals surface area contributed by atoms with Crippen LogP contribution in [-0.4, -0.2) is 18.1 Å². The minimum absolute atomic E-state index is 0.258. The standard InChI is InChI=1S/C15H24N2O/c1-10(2)11-4-5-15(16)14(7-11)12-6-13(18-3)9-17-8-12/h6,8-11,14-15H,4-5,7,16H2,1-3H3. The molecule has 1 aliphatic rings. The zero-order chi connectivity index (χ0) is 13.1. The van der Waals surface area contributed by atoms with Crippen LogP contribution >= 0.6 is 0 Å². The quantitative estimate of drug-likeness (QED) is 0.894. The third-order valence-corrected chi connectivity index (χ3v) is 4.29. The monoisotopic (exact) mass is 248 g/mol. The summed E-state index contributed by atoms with van der Waals surface area (Å²) in [6, 6.07) is 2.34. The lowest BCUT2D eigenvalue weighted by Crippen LogP contribution is -2.36. The molecule has 1 aliphatic carbocycles. The molecule has 1 fully saturated rings. The highest BCUT2D eigenvalue weighted by molar-refractivity contribution is 5.27. The SMILES string of the molecule is COc1cncc(C2CC(C(C)C)CCC2N)c1. The molecule has 3 atom stereocenters. The Labute approximate surface area is 110 Å². The molecule has 100 valence electrons. The second-order valence-corrected chi connectivity index (χ2v) is 5.75. The molecule has 18 heavy (non-hydrogen) atoms. The minimum atomic E-state index is 0.258. The lowest BCUT2D eigenvalue weighted by molar-refractivity contribution is 0.232. The fourth-order valence-corrected chi connectivity index (χ4v) is 2.97. The van der Waals surface area contributed by atoms with E-state index in [4.69, 9.17) is 10.5 Å². The van der Waals surface area contributed by atoms with Gasteiger partial charge in [-0.05, 0) is 42.7 Å². The fourth-order valence-electron chi connectivity index (χ4n) is 2.97. The van der Waals surface area contributed by atoms with Crippen molar-refractivity contribution in [3.8, 4) is 5.75 Å². The fraction of sp³-hybridized carbons (Fsp3) is 0.667. The van der Waals surface area contributed by atoms with E-state index in [0.29, 0.717) is 5.92 Å². The molecule has 2 rings (SSSR count). The normalized spacial score (nSPS) is 28.4. The lowest BCUT2D eigenvalue weighted by atomic mass is 9.72. The molecule has 0 aliphatic heterocycles. The van der Waals surface area contributed by atoms with Gasteiger partial charge < -0.3 is 10.5 Å². The molecule has 1 aromatic rings. The van der Waals surface area contributed by atoms with Crippen LogP contribution in [0.25, 0.3) is 0 Å². The maximum atomic E-state index is 6.30. The number of nitrogens with zero attached hydrogens (tertiary/aromatic N) is 1. The van der Waals surface area contributed by atoms with Gasteiger partial charge in [0.25, 0.3) is 0 Å². The molecule has 0 spiro atoms. The maximum Gasteiger partial charge on any atom is 0.137 e. The third-order valence-electron chi connectivity index (χ3n) is 4.29. The molecule has 0 radical (unpaired) electrons. The van der Waals surface area contributed by atoms with E-state index in [-0.39, 0.29) is 6.04 Å². The van der Waals surface area contributed by atoms with Gasteiger partial charge in [-0.3, -0.25) is 4.98 Å². The third kappa shape index (κ3) is 2.83. The van der Waals surface area contributed by atoms with Crippen LogP contribution in [-0.2, 0) is 0 Å². The average molecular weight is 248 g/mol. The number of hydrogen-bond acceptors (Lipinski definition) is 3. The van der Waals surface area contributed by atoms with Crippen molar-refractivity contribution in [2.45, 2.75) is 45.1 Å². The Kier molecular flexibility index (Phi) is 4.23. The van der Waals surface area contributed by atoms with Gasteiger partial charge in [0.15, 0.2) is 0 Å². The van der Waals surface area contributed by atoms with Crippen LogP contribution in [0.1, 0.15) is 44.6 Å². The van der Waals surface area contributed by atoms with Gasteiger partial charge in [-0.25, -0.2) is 0 Å². The molecule has 0 saturated heterocycles. The second-order valence-electron chi connectivity index (χ2n) is 5.75. The van der Waals surface area contributed by atoms with Crippen LogP contribution in [0.5, 0.6) is 5.75 Å². The summed E-state index contributed by atoms with van der Waals surface area (Å²) in [6.45, 7) is 4.62. The Morgan fingerprint density at radius 3 is 2.78 bits per heavy atom. The minimum Gasteiger partial charge on any atom is -0.495 e. The first kappa shape index (κ1) is 13.3. The van der Waals surface area contributed by atoms with E-state index >= 15 is 0 Å². The van der Waals surface area contributed by atoms with Crippen molar-refractivity contribution in [1.29, 1.82) is 0 Å². The van der Waals surface area contributed by atoms with Crippen LogP contribution in [0, 0.1) is 11.8 Å². The number of nitrogens with two attached hydrogens (primary N) is 1. The van der Waals surface area contributed by atoms with E-state index in [1.165, 1.54) is 18.4 Å². The molecule has 3 unspecified atom stereocenters. The molecule has 2 N–H and O–H groups in total. The highest BCUT2D eigenvalue weighted by atomic mass is 16.5. The summed E-state index contributed by atoms with van der Waals surface area (Å²) < 4.78 is 5.25. The van der Waals surface area contributed by atoms with Gasteiger partial charge in [0.2, 0.25) is 0 Å². The number of aromatic nitrogens is 1. The van der Waals surface area contributed by atoms with E-state index in [2.05, 4.69) is 24.9 Å². The number of pyridine rings is 1. The van der Waals surface area contributed by atoms with Gasteiger partial charge in [-0.1, -0.05) is 13.8 Å². The van der Waals surface area contributed by atoms with Crippen LogP contribution < -0.4 is 10.5 Å². The van der Waals surface area contributed by atoms with Gasteiger partial charge in [-0.15, -0.1) is 0 Å². The summed E-state index contributed by atoms with van der Waals surface area (Å²) >= 11 is 0. The number of rotatable bonds is 3. The summed E-state index contributed by atoms with van der Waals surface area (Å²) in [4.78, 5) is 4.25. The smallest absolute Gasteiger partial charge is 0.137 e. The summed E-state index contributed by atoms with van der Waals surface area (Å²) in [7, 11) is 1.68. The van der Waals surface area contributed by atoms with Gasteiger partial charge in [0, 0.05) is 18.2 Å². The molecule has 3 heteroatoms. The Bertz CT molecular complexity index is 392. The highest BCUT2D eigenvalue weighted by Gasteiger charge is 2.31. The summed E-state index contributed by atoms with van der Waals surface area (Å²) in [5.74, 6) is 2.76. The van der Waals surface area contributed by atoms with Crippen molar-refractivity contribution in [3.63, 3.8) is 0 Å². The van der Waals surface area contributed by atoms with Crippen LogP contribution in [0.3, 0.4) is 0 Å². The summed E-state index contributed by atoms with van der Waals surface area (Å²) in [6.07, 6.45) is 7.23. The Balaban J connectivity index is 2.18. The molecular weight excluding hydrogens is 224 g/mol. The largest absolute Gasteiger partial charge is 0.495 e. The van der Waals surface area contributed by atoms with Gasteiger partial charge in [0.1, 0.15) is 5.75 Å². The Morgan fingerprint density at radius 1 is 1.33 bits per heavy atom. The first-order valence-corrected chi connectivity index (χ1v) is 6.86. The zero-order valence-corrected chi connectivity index (χ0v) is 11.6. The van der Waals surface area contributed by atoms with Crippen LogP contribution in [0.2, 0.25) is 0 Å². The summed E-state index contributed by atoms with van der Waals surface area (Å²) in [5.41, 5.74) is 7.53. The molecule has 1 aromatic heterocycles. The van der Waals surface area contributed by atoms with E-state index in [0.717, 1.165) is 24.0 Å². The van der Waals surface area contributed by atoms with E-state index < -0.39 is 0 Å². The van der Waals surface area contributed by atoms with Crippen molar-refractivity contribution in [1.82, 2.24) is 4.98 Å². The number of hydrogen-bond donors (Lipinski definition) is 1. The van der Waals surface area contributed by atoms with Crippen molar-refractivity contribution in [2.75, 3.05) is 7.11 Å². The van der Waals surface area contributed by atoms with Gasteiger partial charge in [0.05, 0.1) is 13.3 Å². The summed E-state index contributed by atoms with van der Waals surface area (Å²) in [5, 5.41) is 0. The highest BCUT2D eigenvalue weighted by Crippen LogP contribution is 2.39. The Hall–Kier alpha value is -1.09. The van der Waals surface area contributed by atoms with Crippen LogP contribution in [0.4, 0.5) is 0 Å². The number of methoxy groups -OCH3 is 1. The maximum absolute atomic E-state index is 6.30. The van der Waals surface area contributed by atoms with Gasteiger partial charge in [-0.2, -0.15) is 0 Å². The van der Waals surface area contributed by atoms with Crippen molar-refractivity contribution in [2.24, 2.45) is 17.6 Å². The van der Waals surface area contributed by atoms with Gasteiger partial charge >= 0.3 is 0 Å². The molecule has 3 nitrogen and oxygen atoms in total. The van der Waals surface area contributed by atoms with E-state index in [9.17, 15) is 0 Å². The van der Waals surface area contributed by atoms with Crippen molar-refractivity contribution < 1.29 is 4.74 Å². The molecule has 0 aromatic carbocycles. The molecule has 1 saturated carbocycles. The topological polar surface area (TPSA) is 48.1 Å². The molecular formula is C15H24N2O. The number of ether oxygens (including phenoxy) is 1. The average Bonchev–Trinajstić information content (AvgIpc) is 2.39. The molecule has 0 bridgehead atoms. The zero-order valence-electron chi connectivity index (χ0n) is 11.6. The van der Waals surface area contributed by atoms with E-state index in [1.54, 1.807) is 13.3 Å². The molecule has 1 heterocycles. The van der Waals surface area contributed by atoms with Crippen LogP contribution in [0.15, 0.2) is 18.5 Å². The van der Waals surface area contributed by atoms with E-state index in [1.807, 2.05) is 6.20 Å². The lowest BCUT2D eigenvalue weighted by Gasteiger charge is -2.36. The second kappa shape index (κ2) is 5.70. The molecule has 0 amide bonds. The Morgan fingerprint density at radius 2 is 2.11 bits per heavy atom. The van der Waals surface area contributed by atoms with Crippen molar-refractivity contribution in [3.05, 3.63) is 24.0 Å². The predicted molar refractivity (Wildman–Crippen MR) is 73.7 cm³/mol.